The summed E-state index contributed by atoms with van der Waals surface area (Å²) in [5.74, 6) is 0. The molecule has 2 radical (unpaired) electrons. The molecule has 1 heterocycles. The molecular weight excluding hydrogens is 206 g/mol. The molecule has 3 aromatic rings. The van der Waals surface area contributed by atoms with Crippen molar-refractivity contribution in [3.05, 3.63) is 41.4 Å². The molecule has 0 aliphatic carbocycles. The monoisotopic (exact) mass is 212 g/mol. The van der Waals surface area contributed by atoms with Crippen LogP contribution in [0.15, 0.2) is 40.8 Å². The predicted molar refractivity (Wildman–Crippen MR) is 64.1 cm³/mol. The van der Waals surface area contributed by atoms with E-state index in [0.29, 0.717) is 10.5 Å². The topological polar surface area (TPSA) is 13.1 Å². The van der Waals surface area contributed by atoms with E-state index in [-0.39, 0.29) is 0 Å². The Hall–Kier alpha value is -1.41. The Morgan fingerprint density at radius 2 is 1.80 bits per heavy atom. The van der Waals surface area contributed by atoms with Crippen LogP contribution in [0.2, 0.25) is 5.02 Å². The number of benzene rings is 2. The smallest absolute Gasteiger partial charge is 0.135 e. The van der Waals surface area contributed by atoms with Crippen LogP contribution in [0, 0.1) is 0 Å². The number of rotatable bonds is 0. The minimum Gasteiger partial charge on any atom is -0.456 e. The fraction of sp³-hybridized carbons (Fsp3) is 0. The number of para-hydroxylation sites is 1. The molecule has 2 aromatic carbocycles. The Labute approximate surface area is 93.0 Å². The minimum atomic E-state index is 0.564. The van der Waals surface area contributed by atoms with Gasteiger partial charge >= 0.3 is 0 Å². The lowest BCUT2D eigenvalue weighted by atomic mass is 9.91. The van der Waals surface area contributed by atoms with Crippen LogP contribution in [0.1, 0.15) is 0 Å². The molecule has 0 aliphatic rings. The number of halogens is 1. The lowest BCUT2D eigenvalue weighted by molar-refractivity contribution is 0.669. The van der Waals surface area contributed by atoms with Gasteiger partial charge in [-0.2, -0.15) is 0 Å². The second-order valence-corrected chi connectivity index (χ2v) is 3.84. The molecule has 0 unspecified atom stereocenters. The van der Waals surface area contributed by atoms with Gasteiger partial charge in [0.15, 0.2) is 0 Å². The molecule has 0 N–H and O–H groups in total. The minimum absolute atomic E-state index is 0.564. The average Bonchev–Trinajstić information content (AvgIpc) is 2.62. The third kappa shape index (κ3) is 1.18. The van der Waals surface area contributed by atoms with Gasteiger partial charge in [0.2, 0.25) is 0 Å². The second-order valence-electron chi connectivity index (χ2n) is 3.43. The highest BCUT2D eigenvalue weighted by Gasteiger charge is 2.09. The van der Waals surface area contributed by atoms with Crippen molar-refractivity contribution in [1.82, 2.24) is 0 Å². The van der Waals surface area contributed by atoms with Crippen LogP contribution < -0.4 is 5.46 Å². The maximum absolute atomic E-state index is 5.98. The summed E-state index contributed by atoms with van der Waals surface area (Å²) < 4.78 is 5.65. The van der Waals surface area contributed by atoms with Crippen molar-refractivity contribution in [1.29, 1.82) is 0 Å². The molecule has 1 aromatic heterocycles. The van der Waals surface area contributed by atoms with Gasteiger partial charge in [-0.15, -0.1) is 0 Å². The van der Waals surface area contributed by atoms with Gasteiger partial charge in [0.05, 0.1) is 0 Å². The molecule has 0 bridgehead atoms. The number of hydrogen-bond acceptors (Lipinski definition) is 1. The summed E-state index contributed by atoms with van der Waals surface area (Å²) in [6.07, 6.45) is 0. The quantitative estimate of drug-likeness (QED) is 0.522. The lowest BCUT2D eigenvalue weighted by Crippen LogP contribution is -2.04. The maximum atomic E-state index is 5.98. The van der Waals surface area contributed by atoms with E-state index in [9.17, 15) is 0 Å². The van der Waals surface area contributed by atoms with Crippen LogP contribution >= 0.6 is 11.6 Å². The molecule has 3 rings (SSSR count). The molecule has 0 atom stereocenters. The first-order chi connectivity index (χ1) is 7.27. The van der Waals surface area contributed by atoms with E-state index in [1.807, 2.05) is 30.3 Å². The highest BCUT2D eigenvalue weighted by Crippen LogP contribution is 2.28. The Morgan fingerprint density at radius 3 is 2.67 bits per heavy atom. The first-order valence-electron chi connectivity index (χ1n) is 4.62. The molecule has 0 spiro atoms. The largest absolute Gasteiger partial charge is 0.456 e. The van der Waals surface area contributed by atoms with Gasteiger partial charge in [0, 0.05) is 15.8 Å². The summed E-state index contributed by atoms with van der Waals surface area (Å²) >= 11 is 5.98. The van der Waals surface area contributed by atoms with E-state index in [1.54, 1.807) is 6.07 Å². The van der Waals surface area contributed by atoms with Gasteiger partial charge in [0.25, 0.3) is 0 Å². The summed E-state index contributed by atoms with van der Waals surface area (Å²) in [5.41, 5.74) is 2.19. The van der Waals surface area contributed by atoms with Crippen molar-refractivity contribution >= 4 is 46.8 Å². The van der Waals surface area contributed by atoms with Crippen molar-refractivity contribution in [3.63, 3.8) is 0 Å². The van der Waals surface area contributed by atoms with Crippen LogP contribution in [-0.4, -0.2) is 7.85 Å². The zero-order chi connectivity index (χ0) is 10.4. The standard InChI is InChI=1S/C12H6BClO/c13-12-8(14)5-6-10-11(12)7-3-1-2-4-9(7)15-10/h1-6H. The third-order valence-corrected chi connectivity index (χ3v) is 2.86. The van der Waals surface area contributed by atoms with E-state index in [1.165, 1.54) is 0 Å². The first-order valence-corrected chi connectivity index (χ1v) is 5.00. The van der Waals surface area contributed by atoms with E-state index >= 15 is 0 Å². The summed E-state index contributed by atoms with van der Waals surface area (Å²) in [6.45, 7) is 0. The SMILES string of the molecule is [B]c1c(Cl)ccc2oc3ccccc3c12. The first kappa shape index (κ1) is 8.87. The fourth-order valence-corrected chi connectivity index (χ4v) is 1.98. The molecule has 0 saturated heterocycles. The number of hydrogen-bond donors (Lipinski definition) is 0. The molecule has 15 heavy (non-hydrogen) atoms. The van der Waals surface area contributed by atoms with E-state index in [2.05, 4.69) is 0 Å². The summed E-state index contributed by atoms with van der Waals surface area (Å²) in [7, 11) is 5.94. The molecular formula is C12H6BClO. The zero-order valence-corrected chi connectivity index (χ0v) is 8.58. The maximum Gasteiger partial charge on any atom is 0.135 e. The van der Waals surface area contributed by atoms with Gasteiger partial charge < -0.3 is 4.42 Å². The van der Waals surface area contributed by atoms with Crippen LogP contribution in [0.4, 0.5) is 0 Å². The summed E-state index contributed by atoms with van der Waals surface area (Å²) in [6, 6.07) is 11.4. The summed E-state index contributed by atoms with van der Waals surface area (Å²) in [4.78, 5) is 0. The number of furan rings is 1. The van der Waals surface area contributed by atoms with Crippen molar-refractivity contribution < 1.29 is 4.42 Å². The van der Waals surface area contributed by atoms with Gasteiger partial charge in [-0.1, -0.05) is 35.3 Å². The molecule has 3 heteroatoms. The van der Waals surface area contributed by atoms with E-state index in [0.717, 1.165) is 21.9 Å². The lowest BCUT2D eigenvalue weighted by Gasteiger charge is -1.98. The van der Waals surface area contributed by atoms with Crippen LogP contribution in [0.3, 0.4) is 0 Å². The highest BCUT2D eigenvalue weighted by molar-refractivity contribution is 6.50. The Morgan fingerprint density at radius 1 is 1.00 bits per heavy atom. The van der Waals surface area contributed by atoms with E-state index < -0.39 is 0 Å². The molecule has 0 fully saturated rings. The number of fused-ring (bicyclic) bond motifs is 3. The highest BCUT2D eigenvalue weighted by atomic mass is 35.5. The second kappa shape index (κ2) is 3.04. The van der Waals surface area contributed by atoms with Gasteiger partial charge in [0.1, 0.15) is 19.0 Å². The van der Waals surface area contributed by atoms with Crippen LogP contribution in [-0.2, 0) is 0 Å². The Bertz CT molecular complexity index is 657. The molecule has 0 amide bonds. The average molecular weight is 212 g/mol. The third-order valence-electron chi connectivity index (χ3n) is 2.53. The normalized spacial score (nSPS) is 11.3. The van der Waals surface area contributed by atoms with Crippen molar-refractivity contribution in [3.8, 4) is 0 Å². The van der Waals surface area contributed by atoms with Gasteiger partial charge in [-0.05, 0) is 18.2 Å². The van der Waals surface area contributed by atoms with Crippen molar-refractivity contribution in [2.75, 3.05) is 0 Å². The molecule has 1 nitrogen and oxygen atoms in total. The zero-order valence-electron chi connectivity index (χ0n) is 7.83. The van der Waals surface area contributed by atoms with Crippen molar-refractivity contribution in [2.45, 2.75) is 0 Å². The Balaban J connectivity index is 2.63. The van der Waals surface area contributed by atoms with Crippen LogP contribution in [0.5, 0.6) is 0 Å². The van der Waals surface area contributed by atoms with Gasteiger partial charge in [-0.25, -0.2) is 0 Å². The summed E-state index contributed by atoms with van der Waals surface area (Å²) in [5, 5.41) is 2.47. The molecule has 0 saturated carbocycles. The predicted octanol–water partition coefficient (Wildman–Crippen LogP) is 3.03. The van der Waals surface area contributed by atoms with Crippen LogP contribution in [0.25, 0.3) is 21.9 Å². The van der Waals surface area contributed by atoms with Gasteiger partial charge in [-0.3, -0.25) is 0 Å². The molecule has 70 valence electrons. The van der Waals surface area contributed by atoms with E-state index in [4.69, 9.17) is 23.9 Å². The fourth-order valence-electron chi connectivity index (χ4n) is 1.82. The Kier molecular flexibility index (Phi) is 1.80. The van der Waals surface area contributed by atoms with Crippen molar-refractivity contribution in [2.24, 2.45) is 0 Å². The molecule has 0 aliphatic heterocycles.